The molecule has 2 aromatic carbocycles. The highest BCUT2D eigenvalue weighted by atomic mass is 79.9. The standard InChI is InChI=1S/C26H23BrClN3S/c1-2-14-29-25(32)24-23(18-8-12-20(28)13-9-18)21-5-3-4-15-30-22(16-31(24)26(21)30)17-6-10-19(27)11-7-17/h2,6-13,16H,1,3-5,14-15H2,(H,29,32). The van der Waals surface area contributed by atoms with Crippen molar-refractivity contribution in [2.75, 3.05) is 6.54 Å². The lowest BCUT2D eigenvalue weighted by Crippen LogP contribution is -2.24. The van der Waals surface area contributed by atoms with Crippen LogP contribution in [0.4, 0.5) is 0 Å². The molecule has 162 valence electrons. The number of halogens is 2. The van der Waals surface area contributed by atoms with Crippen LogP contribution in [-0.4, -0.2) is 20.5 Å². The zero-order chi connectivity index (χ0) is 22.2. The number of aromatic nitrogens is 2. The summed E-state index contributed by atoms with van der Waals surface area (Å²) in [6.07, 6.45) is 7.39. The van der Waals surface area contributed by atoms with Crippen LogP contribution in [0.3, 0.4) is 0 Å². The first-order valence-corrected chi connectivity index (χ1v) is 12.3. The first kappa shape index (κ1) is 21.5. The predicted octanol–water partition coefficient (Wildman–Crippen LogP) is 7.28. The summed E-state index contributed by atoms with van der Waals surface area (Å²) < 4.78 is 5.84. The lowest BCUT2D eigenvalue weighted by molar-refractivity contribution is 0.647. The van der Waals surface area contributed by atoms with Gasteiger partial charge in [-0.2, -0.15) is 0 Å². The highest BCUT2D eigenvalue weighted by Gasteiger charge is 2.28. The number of rotatable bonds is 5. The first-order chi connectivity index (χ1) is 15.6. The van der Waals surface area contributed by atoms with E-state index in [2.05, 4.69) is 79.4 Å². The summed E-state index contributed by atoms with van der Waals surface area (Å²) in [5, 5.41) is 4.10. The molecule has 5 rings (SSSR count). The van der Waals surface area contributed by atoms with Crippen LogP contribution in [-0.2, 0) is 13.0 Å². The molecule has 0 radical (unpaired) electrons. The molecule has 0 amide bonds. The maximum Gasteiger partial charge on any atom is 0.124 e. The summed E-state index contributed by atoms with van der Waals surface area (Å²) in [4.78, 5) is 0.733. The van der Waals surface area contributed by atoms with Gasteiger partial charge >= 0.3 is 0 Å². The van der Waals surface area contributed by atoms with Crippen molar-refractivity contribution >= 4 is 50.4 Å². The molecule has 0 atom stereocenters. The van der Waals surface area contributed by atoms with Gasteiger partial charge in [0.05, 0.1) is 11.4 Å². The molecule has 0 spiro atoms. The van der Waals surface area contributed by atoms with Gasteiger partial charge in [0.1, 0.15) is 10.6 Å². The number of thiocarbonyl (C=S) groups is 1. The number of benzene rings is 2. The number of hydrogen-bond acceptors (Lipinski definition) is 1. The van der Waals surface area contributed by atoms with Crippen molar-refractivity contribution < 1.29 is 0 Å². The molecular weight excluding hydrogens is 502 g/mol. The lowest BCUT2D eigenvalue weighted by Gasteiger charge is -2.11. The molecule has 1 aliphatic heterocycles. The fourth-order valence-corrected chi connectivity index (χ4v) is 5.31. The molecule has 1 aliphatic rings. The average Bonchev–Trinajstić information content (AvgIpc) is 3.21. The first-order valence-electron chi connectivity index (χ1n) is 10.8. The Hall–Kier alpha value is -2.34. The van der Waals surface area contributed by atoms with Crippen LogP contribution in [0.5, 0.6) is 0 Å². The molecule has 3 heterocycles. The van der Waals surface area contributed by atoms with Gasteiger partial charge in [-0.05, 0) is 54.7 Å². The summed E-state index contributed by atoms with van der Waals surface area (Å²) in [5.74, 6) is 0. The minimum atomic E-state index is 0.627. The fourth-order valence-electron chi connectivity index (χ4n) is 4.64. The summed E-state index contributed by atoms with van der Waals surface area (Å²) in [6, 6.07) is 16.6. The van der Waals surface area contributed by atoms with E-state index in [4.69, 9.17) is 23.8 Å². The van der Waals surface area contributed by atoms with Crippen LogP contribution < -0.4 is 5.32 Å². The highest BCUT2D eigenvalue weighted by Crippen LogP contribution is 2.40. The normalized spacial score (nSPS) is 13.2. The minimum absolute atomic E-state index is 0.627. The van der Waals surface area contributed by atoms with Gasteiger partial charge in [-0.15, -0.1) is 6.58 Å². The quantitative estimate of drug-likeness (QED) is 0.219. The summed E-state index contributed by atoms with van der Waals surface area (Å²) >= 11 is 15.7. The van der Waals surface area contributed by atoms with E-state index in [1.165, 1.54) is 28.0 Å². The van der Waals surface area contributed by atoms with Crippen LogP contribution >= 0.6 is 39.7 Å². The van der Waals surface area contributed by atoms with Crippen LogP contribution in [0.25, 0.3) is 28.0 Å². The van der Waals surface area contributed by atoms with E-state index >= 15 is 0 Å². The third-order valence-corrected chi connectivity index (χ3v) is 7.15. The van der Waals surface area contributed by atoms with Crippen LogP contribution in [0.15, 0.2) is 71.9 Å². The van der Waals surface area contributed by atoms with Crippen LogP contribution in [0.1, 0.15) is 24.1 Å². The van der Waals surface area contributed by atoms with Crippen molar-refractivity contribution in [3.63, 3.8) is 0 Å². The van der Waals surface area contributed by atoms with Crippen molar-refractivity contribution in [3.8, 4) is 22.4 Å². The van der Waals surface area contributed by atoms with E-state index in [1.54, 1.807) is 0 Å². The molecule has 3 nitrogen and oxygen atoms in total. The molecule has 1 N–H and O–H groups in total. The Labute approximate surface area is 206 Å². The summed E-state index contributed by atoms with van der Waals surface area (Å²) in [6.45, 7) is 5.45. The van der Waals surface area contributed by atoms with Crippen molar-refractivity contribution in [2.45, 2.75) is 25.8 Å². The topological polar surface area (TPSA) is 21.4 Å². The number of nitrogens with zero attached hydrogens (tertiary/aromatic N) is 2. The lowest BCUT2D eigenvalue weighted by atomic mass is 9.98. The molecule has 2 aromatic heterocycles. The number of aryl methyl sites for hydroxylation is 2. The van der Waals surface area contributed by atoms with E-state index in [-0.39, 0.29) is 0 Å². The third kappa shape index (κ3) is 3.72. The second kappa shape index (κ2) is 8.89. The minimum Gasteiger partial charge on any atom is -0.371 e. The Kier molecular flexibility index (Phi) is 5.97. The van der Waals surface area contributed by atoms with Gasteiger partial charge in [0, 0.05) is 39.9 Å². The Morgan fingerprint density at radius 2 is 1.81 bits per heavy atom. The van der Waals surface area contributed by atoms with E-state index < -0.39 is 0 Å². The van der Waals surface area contributed by atoms with Gasteiger partial charge in [-0.1, -0.05) is 70.1 Å². The molecule has 0 saturated heterocycles. The van der Waals surface area contributed by atoms with E-state index in [0.29, 0.717) is 6.54 Å². The summed E-state index contributed by atoms with van der Waals surface area (Å²) in [5.41, 5.74) is 8.39. The van der Waals surface area contributed by atoms with Gasteiger partial charge in [-0.25, -0.2) is 0 Å². The Balaban J connectivity index is 1.81. The number of imidazole rings is 1. The second-order valence-corrected chi connectivity index (χ2v) is 9.79. The maximum atomic E-state index is 6.20. The van der Waals surface area contributed by atoms with Crippen LogP contribution in [0, 0.1) is 0 Å². The van der Waals surface area contributed by atoms with Gasteiger partial charge in [0.15, 0.2) is 0 Å². The molecule has 0 fully saturated rings. The Morgan fingerprint density at radius 3 is 2.53 bits per heavy atom. The monoisotopic (exact) mass is 523 g/mol. The zero-order valence-electron chi connectivity index (χ0n) is 17.6. The second-order valence-electron chi connectivity index (χ2n) is 8.03. The molecule has 0 bridgehead atoms. The van der Waals surface area contributed by atoms with E-state index in [9.17, 15) is 0 Å². The van der Waals surface area contributed by atoms with Gasteiger partial charge in [0.2, 0.25) is 0 Å². The zero-order valence-corrected chi connectivity index (χ0v) is 20.7. The SMILES string of the molecule is C=CCNC(=S)c1c(-c2ccc(Cl)cc2)c2c3n(c(-c4ccc(Br)cc4)cn13)CCCC2. The Bertz CT molecular complexity index is 1320. The van der Waals surface area contributed by atoms with Gasteiger partial charge < -0.3 is 9.88 Å². The van der Waals surface area contributed by atoms with E-state index in [1.807, 2.05) is 18.2 Å². The molecule has 0 unspecified atom stereocenters. The number of nitrogens with one attached hydrogen (secondary N) is 1. The smallest absolute Gasteiger partial charge is 0.124 e. The van der Waals surface area contributed by atoms with Crippen molar-refractivity contribution in [3.05, 3.63) is 88.1 Å². The fraction of sp³-hybridized carbons (Fsp3) is 0.192. The van der Waals surface area contributed by atoms with Gasteiger partial charge in [-0.3, -0.25) is 4.40 Å². The number of hydrogen-bond donors (Lipinski definition) is 1. The van der Waals surface area contributed by atoms with Crippen molar-refractivity contribution in [2.24, 2.45) is 0 Å². The highest BCUT2D eigenvalue weighted by molar-refractivity contribution is 9.10. The predicted molar refractivity (Wildman–Crippen MR) is 142 cm³/mol. The van der Waals surface area contributed by atoms with E-state index in [0.717, 1.165) is 51.5 Å². The maximum absolute atomic E-state index is 6.20. The molecule has 0 saturated carbocycles. The van der Waals surface area contributed by atoms with Crippen molar-refractivity contribution in [1.29, 1.82) is 0 Å². The average molecular weight is 525 g/mol. The molecule has 0 aliphatic carbocycles. The summed E-state index contributed by atoms with van der Waals surface area (Å²) in [7, 11) is 0. The molecule has 6 heteroatoms. The molecule has 32 heavy (non-hydrogen) atoms. The largest absolute Gasteiger partial charge is 0.371 e. The van der Waals surface area contributed by atoms with Gasteiger partial charge in [0.25, 0.3) is 0 Å². The molecule has 4 aromatic rings. The Morgan fingerprint density at radius 1 is 1.09 bits per heavy atom. The van der Waals surface area contributed by atoms with Crippen molar-refractivity contribution in [1.82, 2.24) is 14.3 Å². The van der Waals surface area contributed by atoms with Crippen LogP contribution in [0.2, 0.25) is 5.02 Å². The third-order valence-electron chi connectivity index (χ3n) is 6.03. The molecular formula is C26H23BrClN3S.